The third kappa shape index (κ3) is 2.69. The molecule has 9 heteroatoms. The summed E-state index contributed by atoms with van der Waals surface area (Å²) < 4.78 is 28.9. The number of fused-ring (bicyclic) bond motifs is 2. The van der Waals surface area contributed by atoms with Crippen LogP contribution < -0.4 is 16.7 Å². The van der Waals surface area contributed by atoms with Gasteiger partial charge in [-0.25, -0.2) is 13.2 Å². The number of hydrogen-bond acceptors (Lipinski definition) is 5. The van der Waals surface area contributed by atoms with Gasteiger partial charge in [0.05, 0.1) is 21.6 Å². The van der Waals surface area contributed by atoms with E-state index in [4.69, 9.17) is 5.73 Å². The molecule has 1 aliphatic rings. The summed E-state index contributed by atoms with van der Waals surface area (Å²) in [6.07, 6.45) is 0. The molecule has 29 heavy (non-hydrogen) atoms. The predicted octanol–water partition coefficient (Wildman–Crippen LogP) is 1.90. The van der Waals surface area contributed by atoms with Gasteiger partial charge in [0.25, 0.3) is 5.91 Å². The first-order valence-corrected chi connectivity index (χ1v) is 10.7. The van der Waals surface area contributed by atoms with Crippen LogP contribution in [0.1, 0.15) is 19.4 Å². The summed E-state index contributed by atoms with van der Waals surface area (Å²) in [5, 5.41) is 3.05. The highest BCUT2D eigenvalue weighted by Crippen LogP contribution is 2.39. The Hall–Kier alpha value is -3.33. The molecule has 2 aromatic carbocycles. The van der Waals surface area contributed by atoms with E-state index in [0.717, 1.165) is 11.0 Å². The van der Waals surface area contributed by atoms with Crippen molar-refractivity contribution in [3.63, 3.8) is 0 Å². The van der Waals surface area contributed by atoms with Crippen molar-refractivity contribution in [2.24, 2.45) is 5.73 Å². The predicted molar refractivity (Wildman–Crippen MR) is 111 cm³/mol. The molecule has 8 nitrogen and oxygen atoms in total. The first-order chi connectivity index (χ1) is 13.8. The Labute approximate surface area is 167 Å². The standard InChI is InChI=1S/C20H20N4O4S/c1-3-23-14-10-9-12(11-15(14)24(4-2)20(23)26)22-17-13-7-5-6-8-16(13)29(27,28)18(17)19(21)25/h5-11,22H,3-4H2,1-2H3,(H2,21,25). The molecule has 0 atom stereocenters. The molecule has 1 amide bonds. The average molecular weight is 412 g/mol. The second-order valence-electron chi connectivity index (χ2n) is 6.67. The molecular formula is C20H20N4O4S. The van der Waals surface area contributed by atoms with Crippen molar-refractivity contribution in [1.82, 2.24) is 9.13 Å². The van der Waals surface area contributed by atoms with Crippen LogP contribution in [0.25, 0.3) is 16.7 Å². The molecule has 0 radical (unpaired) electrons. The molecule has 3 aromatic rings. The molecule has 0 saturated heterocycles. The maximum Gasteiger partial charge on any atom is 0.329 e. The zero-order valence-corrected chi connectivity index (χ0v) is 16.8. The van der Waals surface area contributed by atoms with Crippen LogP contribution in [0, 0.1) is 0 Å². The molecule has 0 saturated carbocycles. The molecule has 0 fully saturated rings. The van der Waals surface area contributed by atoms with Gasteiger partial charge in [-0.15, -0.1) is 0 Å². The largest absolute Gasteiger partial charge is 0.365 e. The van der Waals surface area contributed by atoms with Crippen LogP contribution in [0.5, 0.6) is 0 Å². The fraction of sp³-hybridized carbons (Fsp3) is 0.200. The van der Waals surface area contributed by atoms with E-state index in [-0.39, 0.29) is 16.3 Å². The van der Waals surface area contributed by atoms with E-state index in [1.165, 1.54) is 6.07 Å². The fourth-order valence-corrected chi connectivity index (χ4v) is 5.44. The summed E-state index contributed by atoms with van der Waals surface area (Å²) in [4.78, 5) is 24.1. The van der Waals surface area contributed by atoms with Gasteiger partial charge in [-0.2, -0.15) is 0 Å². The van der Waals surface area contributed by atoms with Gasteiger partial charge >= 0.3 is 5.69 Å². The van der Waals surface area contributed by atoms with E-state index < -0.39 is 20.6 Å². The normalized spacial score (nSPS) is 15.0. The minimum absolute atomic E-state index is 0.0416. The fourth-order valence-electron chi connectivity index (χ4n) is 3.81. The number of anilines is 1. The lowest BCUT2D eigenvalue weighted by molar-refractivity contribution is -0.113. The molecular weight excluding hydrogens is 392 g/mol. The maximum atomic E-state index is 12.8. The lowest BCUT2D eigenvalue weighted by Gasteiger charge is -2.10. The van der Waals surface area contributed by atoms with Crippen LogP contribution in [0.2, 0.25) is 0 Å². The lowest BCUT2D eigenvalue weighted by atomic mass is 10.1. The Balaban J connectivity index is 1.91. The van der Waals surface area contributed by atoms with Crippen molar-refractivity contribution in [2.45, 2.75) is 31.8 Å². The first-order valence-electron chi connectivity index (χ1n) is 9.19. The van der Waals surface area contributed by atoms with Gasteiger partial charge in [0.1, 0.15) is 0 Å². The second-order valence-corrected chi connectivity index (χ2v) is 8.52. The van der Waals surface area contributed by atoms with Crippen LogP contribution in [-0.2, 0) is 27.7 Å². The monoisotopic (exact) mass is 412 g/mol. The summed E-state index contributed by atoms with van der Waals surface area (Å²) in [6.45, 7) is 4.82. The van der Waals surface area contributed by atoms with Gasteiger partial charge in [-0.3, -0.25) is 13.9 Å². The number of nitrogens with one attached hydrogen (secondary N) is 1. The van der Waals surface area contributed by atoms with Crippen LogP contribution in [0.15, 0.2) is 57.1 Å². The number of carbonyl (C=O) groups is 1. The van der Waals surface area contributed by atoms with E-state index in [0.29, 0.717) is 24.3 Å². The smallest absolute Gasteiger partial charge is 0.329 e. The number of benzene rings is 2. The molecule has 150 valence electrons. The van der Waals surface area contributed by atoms with Gasteiger partial charge in [-0.1, -0.05) is 18.2 Å². The Morgan fingerprint density at radius 3 is 2.34 bits per heavy atom. The van der Waals surface area contributed by atoms with Crippen LogP contribution in [0.4, 0.5) is 5.69 Å². The van der Waals surface area contributed by atoms with Crippen molar-refractivity contribution in [3.8, 4) is 0 Å². The SMILES string of the molecule is CCn1c(=O)n(CC)c2cc(NC3=C(C(N)=O)S(=O)(=O)c4ccccc43)ccc21. The summed E-state index contributed by atoms with van der Waals surface area (Å²) >= 11 is 0. The zero-order chi connectivity index (χ0) is 20.9. The molecule has 0 aliphatic carbocycles. The summed E-state index contributed by atoms with van der Waals surface area (Å²) in [5.41, 5.74) is 7.90. The number of nitrogens with zero attached hydrogens (tertiary/aromatic N) is 2. The Morgan fingerprint density at radius 1 is 1.03 bits per heavy atom. The molecule has 1 aliphatic heterocycles. The highest BCUT2D eigenvalue weighted by atomic mass is 32.2. The number of sulfone groups is 1. The average Bonchev–Trinajstić information content (AvgIpc) is 3.08. The summed E-state index contributed by atoms with van der Waals surface area (Å²) in [7, 11) is -3.99. The topological polar surface area (TPSA) is 116 Å². The van der Waals surface area contributed by atoms with Crippen LogP contribution >= 0.6 is 0 Å². The van der Waals surface area contributed by atoms with Crippen LogP contribution in [-0.4, -0.2) is 23.5 Å². The highest BCUT2D eigenvalue weighted by Gasteiger charge is 2.38. The van der Waals surface area contributed by atoms with Gasteiger partial charge in [0, 0.05) is 24.3 Å². The highest BCUT2D eigenvalue weighted by molar-refractivity contribution is 7.97. The second kappa shape index (κ2) is 6.63. The third-order valence-corrected chi connectivity index (χ3v) is 6.96. The molecule has 3 N–H and O–H groups in total. The molecule has 0 bridgehead atoms. The number of aromatic nitrogens is 2. The van der Waals surface area contributed by atoms with Crippen molar-refractivity contribution in [1.29, 1.82) is 0 Å². The Bertz CT molecular complexity index is 1360. The van der Waals surface area contributed by atoms with Gasteiger partial charge < -0.3 is 11.1 Å². The van der Waals surface area contributed by atoms with Gasteiger partial charge in [-0.05, 0) is 38.1 Å². The quantitative estimate of drug-likeness (QED) is 0.664. The third-order valence-electron chi connectivity index (χ3n) is 5.09. The number of rotatable bonds is 5. The molecule has 0 unspecified atom stereocenters. The number of imidazole rings is 1. The van der Waals surface area contributed by atoms with Gasteiger partial charge in [0.15, 0.2) is 4.91 Å². The van der Waals surface area contributed by atoms with Crippen molar-refractivity contribution < 1.29 is 13.2 Å². The number of aryl methyl sites for hydroxylation is 2. The van der Waals surface area contributed by atoms with Crippen LogP contribution in [0.3, 0.4) is 0 Å². The van der Waals surface area contributed by atoms with E-state index >= 15 is 0 Å². The number of amides is 1. The van der Waals surface area contributed by atoms with Crippen molar-refractivity contribution >= 4 is 38.2 Å². The molecule has 1 aromatic heterocycles. The molecule has 2 heterocycles. The Morgan fingerprint density at radius 2 is 1.69 bits per heavy atom. The first kappa shape index (κ1) is 19.0. The minimum atomic E-state index is -3.99. The number of hydrogen-bond donors (Lipinski definition) is 2. The maximum absolute atomic E-state index is 12.8. The number of carbonyl (C=O) groups excluding carboxylic acids is 1. The van der Waals surface area contributed by atoms with Crippen molar-refractivity contribution in [3.05, 3.63) is 63.4 Å². The number of nitrogens with two attached hydrogens (primary N) is 1. The molecule has 4 rings (SSSR count). The Kier molecular flexibility index (Phi) is 4.34. The van der Waals surface area contributed by atoms with Crippen molar-refractivity contribution in [2.75, 3.05) is 5.32 Å². The lowest BCUT2D eigenvalue weighted by Crippen LogP contribution is -2.23. The zero-order valence-electron chi connectivity index (χ0n) is 16.0. The summed E-state index contributed by atoms with van der Waals surface area (Å²) in [6, 6.07) is 11.7. The number of primary amides is 1. The molecule has 0 spiro atoms. The van der Waals surface area contributed by atoms with E-state index in [9.17, 15) is 18.0 Å². The van der Waals surface area contributed by atoms with E-state index in [1.807, 2.05) is 13.8 Å². The minimum Gasteiger partial charge on any atom is -0.365 e. The van der Waals surface area contributed by atoms with E-state index in [1.54, 1.807) is 45.5 Å². The van der Waals surface area contributed by atoms with Gasteiger partial charge in [0.2, 0.25) is 9.84 Å². The summed E-state index contributed by atoms with van der Waals surface area (Å²) in [5.74, 6) is -1.02. The van der Waals surface area contributed by atoms with E-state index in [2.05, 4.69) is 5.32 Å².